The van der Waals surface area contributed by atoms with Crippen LogP contribution in [0.15, 0.2) is 0 Å². The van der Waals surface area contributed by atoms with Crippen LogP contribution < -0.4 is 5.32 Å². The first-order chi connectivity index (χ1) is 12.3. The van der Waals surface area contributed by atoms with Crippen molar-refractivity contribution in [3.8, 4) is 6.07 Å². The summed E-state index contributed by atoms with van der Waals surface area (Å²) in [6.07, 6.45) is 4.86. The molecule has 8 heteroatoms. The van der Waals surface area contributed by atoms with Crippen molar-refractivity contribution in [2.75, 3.05) is 32.9 Å². The molecule has 26 heavy (non-hydrogen) atoms. The van der Waals surface area contributed by atoms with Gasteiger partial charge in [-0.2, -0.15) is 5.26 Å². The van der Waals surface area contributed by atoms with Crippen molar-refractivity contribution in [2.45, 2.75) is 62.4 Å². The summed E-state index contributed by atoms with van der Waals surface area (Å²) in [4.78, 5) is 13.3. The summed E-state index contributed by atoms with van der Waals surface area (Å²) >= 11 is 0. The van der Waals surface area contributed by atoms with E-state index in [1.807, 2.05) is 0 Å². The summed E-state index contributed by atoms with van der Waals surface area (Å²) in [7, 11) is 0. The number of amides is 1. The number of nitriles is 1. The predicted molar refractivity (Wildman–Crippen MR) is 89.5 cm³/mol. The van der Waals surface area contributed by atoms with Gasteiger partial charge in [-0.15, -0.1) is 0 Å². The van der Waals surface area contributed by atoms with Crippen LogP contribution in [0.5, 0.6) is 0 Å². The minimum absolute atomic E-state index is 0.0926. The highest BCUT2D eigenvalue weighted by Gasteiger charge is 2.48. The van der Waals surface area contributed by atoms with Crippen LogP contribution in [0.25, 0.3) is 0 Å². The molecule has 146 valence electrons. The fourth-order valence-electron chi connectivity index (χ4n) is 4.51. The monoisotopic (exact) mass is 371 g/mol. The molecule has 1 atom stereocenters. The zero-order valence-electron chi connectivity index (χ0n) is 15.0. The Hall–Kier alpha value is -1.30. The molecule has 1 saturated carbocycles. The van der Waals surface area contributed by atoms with E-state index in [2.05, 4.69) is 5.32 Å². The van der Waals surface area contributed by atoms with Crippen LogP contribution in [0.4, 0.5) is 8.78 Å². The Balaban J connectivity index is 1.56. The number of alkyl halides is 2. The van der Waals surface area contributed by atoms with Crippen LogP contribution in [0.3, 0.4) is 0 Å². The largest absolute Gasteiger partial charge is 0.394 e. The Morgan fingerprint density at radius 2 is 1.88 bits per heavy atom. The minimum atomic E-state index is -3.01. The number of halogens is 2. The maximum absolute atomic E-state index is 13.5. The molecule has 2 saturated heterocycles. The SMILES string of the molecule is N#C[C@@H]1CC(F)(F)CN1C(=O)CNC1(CO)CCC2(CCOCC2)CC1. The first-order valence-corrected chi connectivity index (χ1v) is 9.33. The fraction of sp³-hybridized carbons (Fsp3) is 0.889. The van der Waals surface area contributed by atoms with E-state index in [0.29, 0.717) is 0 Å². The van der Waals surface area contributed by atoms with Gasteiger partial charge < -0.3 is 20.1 Å². The number of carbonyl (C=O) groups is 1. The molecule has 1 amide bonds. The van der Waals surface area contributed by atoms with E-state index in [9.17, 15) is 18.7 Å². The van der Waals surface area contributed by atoms with E-state index in [0.717, 1.165) is 56.6 Å². The summed E-state index contributed by atoms with van der Waals surface area (Å²) in [6, 6.07) is 0.705. The van der Waals surface area contributed by atoms with Gasteiger partial charge in [-0.25, -0.2) is 8.78 Å². The van der Waals surface area contributed by atoms with Crippen molar-refractivity contribution in [2.24, 2.45) is 5.41 Å². The van der Waals surface area contributed by atoms with Gasteiger partial charge in [-0.3, -0.25) is 4.79 Å². The molecule has 2 aliphatic heterocycles. The highest BCUT2D eigenvalue weighted by Crippen LogP contribution is 2.47. The van der Waals surface area contributed by atoms with Crippen LogP contribution in [0, 0.1) is 16.7 Å². The third-order valence-electron chi connectivity index (χ3n) is 6.48. The Bertz CT molecular complexity index is 563. The van der Waals surface area contributed by atoms with E-state index in [1.165, 1.54) is 0 Å². The van der Waals surface area contributed by atoms with Gasteiger partial charge in [-0.05, 0) is 43.9 Å². The molecular formula is C18H27F2N3O3. The smallest absolute Gasteiger partial charge is 0.268 e. The number of aliphatic hydroxyl groups is 1. The Morgan fingerprint density at radius 3 is 2.46 bits per heavy atom. The molecule has 2 heterocycles. The summed E-state index contributed by atoms with van der Waals surface area (Å²) in [5, 5.41) is 22.1. The maximum Gasteiger partial charge on any atom is 0.268 e. The Morgan fingerprint density at radius 1 is 1.23 bits per heavy atom. The zero-order chi connectivity index (χ0) is 18.8. The Labute approximate surface area is 152 Å². The summed E-state index contributed by atoms with van der Waals surface area (Å²) in [5.41, 5.74) is -0.283. The van der Waals surface area contributed by atoms with Crippen LogP contribution in [-0.4, -0.2) is 66.3 Å². The average Bonchev–Trinajstić information content (AvgIpc) is 2.97. The number of ether oxygens (including phenoxy) is 1. The van der Waals surface area contributed by atoms with E-state index >= 15 is 0 Å². The first-order valence-electron chi connectivity index (χ1n) is 9.33. The molecule has 0 unspecified atom stereocenters. The van der Waals surface area contributed by atoms with E-state index in [1.54, 1.807) is 6.07 Å². The second kappa shape index (κ2) is 7.37. The van der Waals surface area contributed by atoms with Crippen molar-refractivity contribution in [3.05, 3.63) is 0 Å². The van der Waals surface area contributed by atoms with Crippen molar-refractivity contribution >= 4 is 5.91 Å². The predicted octanol–water partition coefficient (Wildman–Crippen LogP) is 1.44. The lowest BCUT2D eigenvalue weighted by Gasteiger charge is -2.48. The average molecular weight is 371 g/mol. The molecule has 3 fully saturated rings. The second-order valence-electron chi connectivity index (χ2n) is 8.13. The van der Waals surface area contributed by atoms with Crippen LogP contribution in [0.2, 0.25) is 0 Å². The third-order valence-corrected chi connectivity index (χ3v) is 6.48. The molecular weight excluding hydrogens is 344 g/mol. The van der Waals surface area contributed by atoms with Crippen LogP contribution >= 0.6 is 0 Å². The molecule has 3 aliphatic rings. The standard InChI is InChI=1S/C18H27F2N3O3/c19-18(20)9-14(10-21)23(12-18)15(25)11-22-17(13-24)3-1-16(2-4-17)5-7-26-8-6-16/h14,22,24H,1-9,11-13H2/t14-/m0/s1. The number of rotatable bonds is 4. The molecule has 0 aromatic heterocycles. The summed E-state index contributed by atoms with van der Waals surface area (Å²) in [6.45, 7) is 0.615. The number of carbonyl (C=O) groups excluding carboxylic acids is 1. The number of nitrogens with zero attached hydrogens (tertiary/aromatic N) is 2. The van der Waals surface area contributed by atoms with Gasteiger partial charge in [0.2, 0.25) is 5.91 Å². The van der Waals surface area contributed by atoms with Gasteiger partial charge in [0, 0.05) is 25.2 Å². The van der Waals surface area contributed by atoms with Crippen molar-refractivity contribution < 1.29 is 23.4 Å². The fourth-order valence-corrected chi connectivity index (χ4v) is 4.51. The molecule has 3 rings (SSSR count). The summed E-state index contributed by atoms with van der Waals surface area (Å²) < 4.78 is 32.5. The normalized spacial score (nSPS) is 29.5. The number of hydrogen-bond donors (Lipinski definition) is 2. The number of aliphatic hydroxyl groups excluding tert-OH is 1. The third kappa shape index (κ3) is 4.00. The van der Waals surface area contributed by atoms with Gasteiger partial charge in [0.05, 0.1) is 25.8 Å². The highest BCUT2D eigenvalue weighted by atomic mass is 19.3. The lowest BCUT2D eigenvalue weighted by atomic mass is 9.64. The molecule has 0 aromatic rings. The molecule has 0 aromatic carbocycles. The minimum Gasteiger partial charge on any atom is -0.394 e. The molecule has 0 bridgehead atoms. The van der Waals surface area contributed by atoms with Gasteiger partial charge in [0.15, 0.2) is 0 Å². The molecule has 6 nitrogen and oxygen atoms in total. The summed E-state index contributed by atoms with van der Waals surface area (Å²) in [5.74, 6) is -3.52. The lowest BCUT2D eigenvalue weighted by Crippen LogP contribution is -2.56. The molecule has 1 aliphatic carbocycles. The van der Waals surface area contributed by atoms with E-state index in [-0.39, 0.29) is 18.6 Å². The number of nitrogens with one attached hydrogen (secondary N) is 1. The van der Waals surface area contributed by atoms with Gasteiger partial charge in [0.25, 0.3) is 5.92 Å². The highest BCUT2D eigenvalue weighted by molar-refractivity contribution is 5.79. The Kier molecular flexibility index (Phi) is 5.52. The number of likely N-dealkylation sites (tertiary alicyclic amines) is 1. The first kappa shape index (κ1) is 19.5. The maximum atomic E-state index is 13.5. The number of hydrogen-bond acceptors (Lipinski definition) is 5. The quantitative estimate of drug-likeness (QED) is 0.781. The van der Waals surface area contributed by atoms with E-state index < -0.39 is 36.4 Å². The van der Waals surface area contributed by atoms with Crippen LogP contribution in [-0.2, 0) is 9.53 Å². The van der Waals surface area contributed by atoms with Gasteiger partial charge in [-0.1, -0.05) is 0 Å². The van der Waals surface area contributed by atoms with Crippen molar-refractivity contribution in [1.82, 2.24) is 10.2 Å². The van der Waals surface area contributed by atoms with Gasteiger partial charge >= 0.3 is 0 Å². The molecule has 2 N–H and O–H groups in total. The molecule has 1 spiro atoms. The van der Waals surface area contributed by atoms with Crippen LogP contribution in [0.1, 0.15) is 44.9 Å². The topological polar surface area (TPSA) is 85.6 Å². The van der Waals surface area contributed by atoms with E-state index in [4.69, 9.17) is 10.00 Å². The van der Waals surface area contributed by atoms with Crippen molar-refractivity contribution in [3.63, 3.8) is 0 Å². The zero-order valence-corrected chi connectivity index (χ0v) is 15.0. The van der Waals surface area contributed by atoms with Gasteiger partial charge in [0.1, 0.15) is 6.04 Å². The van der Waals surface area contributed by atoms with Crippen molar-refractivity contribution in [1.29, 1.82) is 5.26 Å². The molecule has 0 radical (unpaired) electrons. The second-order valence-corrected chi connectivity index (χ2v) is 8.13. The lowest BCUT2D eigenvalue weighted by molar-refractivity contribution is -0.132.